The lowest BCUT2D eigenvalue weighted by Crippen LogP contribution is -2.46. The van der Waals surface area contributed by atoms with E-state index in [1.807, 2.05) is 24.9 Å². The second kappa shape index (κ2) is 8.51. The fraction of sp³-hybridized carbons (Fsp3) is 0.636. The number of hydrogen-bond acceptors (Lipinski definition) is 4. The molecule has 7 nitrogen and oxygen atoms in total. The van der Waals surface area contributed by atoms with Crippen LogP contribution in [0.3, 0.4) is 0 Å². The second-order valence-electron chi connectivity index (χ2n) is 8.89. The van der Waals surface area contributed by atoms with Crippen LogP contribution < -0.4 is 5.32 Å². The van der Waals surface area contributed by atoms with Crippen molar-refractivity contribution < 1.29 is 9.59 Å². The Bertz CT molecular complexity index is 916. The number of carbonyl (C=O) groups is 2. The van der Waals surface area contributed by atoms with Crippen molar-refractivity contribution in [3.63, 3.8) is 0 Å². The van der Waals surface area contributed by atoms with E-state index < -0.39 is 0 Å². The summed E-state index contributed by atoms with van der Waals surface area (Å²) in [6, 6.07) is 1.91. The van der Waals surface area contributed by atoms with Gasteiger partial charge in [-0.15, -0.1) is 0 Å². The zero-order valence-corrected chi connectivity index (χ0v) is 18.5. The lowest BCUT2D eigenvalue weighted by Gasteiger charge is -2.32. The van der Waals surface area contributed by atoms with Crippen LogP contribution >= 0.6 is 0 Å². The van der Waals surface area contributed by atoms with Crippen molar-refractivity contribution in [2.45, 2.75) is 53.4 Å². The molecular weight excluding hydrogens is 366 g/mol. The summed E-state index contributed by atoms with van der Waals surface area (Å²) in [6.07, 6.45) is 1.66. The van der Waals surface area contributed by atoms with Gasteiger partial charge in [-0.1, -0.05) is 27.7 Å². The molecule has 29 heavy (non-hydrogen) atoms. The number of rotatable bonds is 5. The van der Waals surface area contributed by atoms with E-state index in [-0.39, 0.29) is 23.7 Å². The molecule has 1 aliphatic rings. The molecule has 0 aromatic carbocycles. The van der Waals surface area contributed by atoms with Gasteiger partial charge < -0.3 is 10.2 Å². The minimum absolute atomic E-state index is 0.0308. The Labute approximate surface area is 172 Å². The van der Waals surface area contributed by atoms with E-state index in [4.69, 9.17) is 4.98 Å². The van der Waals surface area contributed by atoms with Gasteiger partial charge in [-0.25, -0.2) is 4.98 Å². The Morgan fingerprint density at radius 2 is 2.00 bits per heavy atom. The molecule has 2 aromatic heterocycles. The number of fused-ring (bicyclic) bond motifs is 1. The van der Waals surface area contributed by atoms with E-state index in [1.54, 1.807) is 4.68 Å². The fourth-order valence-electron chi connectivity index (χ4n) is 3.92. The molecule has 1 aliphatic heterocycles. The molecule has 3 heterocycles. The van der Waals surface area contributed by atoms with Crippen LogP contribution in [0.5, 0.6) is 0 Å². The summed E-state index contributed by atoms with van der Waals surface area (Å²) in [4.78, 5) is 32.6. The molecule has 2 aromatic rings. The molecule has 1 N–H and O–H groups in total. The largest absolute Gasteiger partial charge is 0.356 e. The quantitative estimate of drug-likeness (QED) is 0.838. The highest BCUT2D eigenvalue weighted by molar-refractivity contribution is 6.06. The molecule has 0 saturated carbocycles. The lowest BCUT2D eigenvalue weighted by atomic mass is 9.95. The molecule has 2 amide bonds. The molecule has 0 unspecified atom stereocenters. The molecular formula is C22H33N5O2. The second-order valence-corrected chi connectivity index (χ2v) is 8.89. The van der Waals surface area contributed by atoms with Crippen molar-refractivity contribution in [1.82, 2.24) is 25.0 Å². The molecule has 1 fully saturated rings. The van der Waals surface area contributed by atoms with Crippen molar-refractivity contribution in [2.24, 2.45) is 18.9 Å². The summed E-state index contributed by atoms with van der Waals surface area (Å²) >= 11 is 0. The number of amides is 2. The number of nitrogens with one attached hydrogen (secondary N) is 1. The van der Waals surface area contributed by atoms with E-state index >= 15 is 0 Å². The summed E-state index contributed by atoms with van der Waals surface area (Å²) < 4.78 is 1.74. The van der Waals surface area contributed by atoms with Gasteiger partial charge in [0.25, 0.3) is 5.91 Å². The Kier molecular flexibility index (Phi) is 6.24. The SMILES string of the molecule is Cc1nn(C)c2nc(C(C)C)cc(C(=O)N3CCC[C@H](C(=O)NCC(C)C)C3)c12. The van der Waals surface area contributed by atoms with Crippen molar-refractivity contribution >= 4 is 22.8 Å². The van der Waals surface area contributed by atoms with E-state index in [0.29, 0.717) is 31.1 Å². The summed E-state index contributed by atoms with van der Waals surface area (Å²) in [5, 5.41) is 8.31. The minimum atomic E-state index is -0.150. The molecule has 0 spiro atoms. The molecule has 1 atom stereocenters. The zero-order valence-electron chi connectivity index (χ0n) is 18.5. The number of aromatic nitrogens is 3. The summed E-state index contributed by atoms with van der Waals surface area (Å²) in [5.74, 6) is 0.488. The Morgan fingerprint density at radius 1 is 1.28 bits per heavy atom. The Balaban J connectivity index is 1.89. The molecule has 7 heteroatoms. The Morgan fingerprint density at radius 3 is 2.66 bits per heavy atom. The maximum Gasteiger partial charge on any atom is 0.254 e. The molecule has 3 rings (SSSR count). The van der Waals surface area contributed by atoms with Crippen LogP contribution in [-0.4, -0.2) is 51.1 Å². The van der Waals surface area contributed by atoms with E-state index in [0.717, 1.165) is 35.3 Å². The van der Waals surface area contributed by atoms with E-state index in [2.05, 4.69) is 38.1 Å². The molecule has 0 aliphatic carbocycles. The normalized spacial score (nSPS) is 17.4. The maximum absolute atomic E-state index is 13.5. The van der Waals surface area contributed by atoms with E-state index in [9.17, 15) is 9.59 Å². The number of hydrogen-bond donors (Lipinski definition) is 1. The van der Waals surface area contributed by atoms with Gasteiger partial charge in [0.15, 0.2) is 5.65 Å². The van der Waals surface area contributed by atoms with Crippen LogP contribution in [0.4, 0.5) is 0 Å². The van der Waals surface area contributed by atoms with E-state index in [1.165, 1.54) is 0 Å². The number of piperidine rings is 1. The van der Waals surface area contributed by atoms with Crippen LogP contribution in [0, 0.1) is 18.8 Å². The molecule has 1 saturated heterocycles. The van der Waals surface area contributed by atoms with Crippen LogP contribution in [0.1, 0.15) is 68.2 Å². The summed E-state index contributed by atoms with van der Waals surface area (Å²) in [5.41, 5.74) is 3.07. The number of pyridine rings is 1. The first-order valence-corrected chi connectivity index (χ1v) is 10.6. The first-order chi connectivity index (χ1) is 13.7. The van der Waals surface area contributed by atoms with Crippen LogP contribution in [-0.2, 0) is 11.8 Å². The number of nitrogens with zero attached hydrogens (tertiary/aromatic N) is 4. The minimum Gasteiger partial charge on any atom is -0.356 e. The molecule has 0 bridgehead atoms. The lowest BCUT2D eigenvalue weighted by molar-refractivity contribution is -0.126. The zero-order chi connectivity index (χ0) is 21.3. The monoisotopic (exact) mass is 399 g/mol. The number of carbonyl (C=O) groups excluding carboxylic acids is 2. The third-order valence-electron chi connectivity index (χ3n) is 5.57. The first-order valence-electron chi connectivity index (χ1n) is 10.6. The van der Waals surface area contributed by atoms with Crippen molar-refractivity contribution in [3.05, 3.63) is 23.0 Å². The van der Waals surface area contributed by atoms with Gasteiger partial charge in [-0.05, 0) is 37.7 Å². The summed E-state index contributed by atoms with van der Waals surface area (Å²) in [6.45, 7) is 12.0. The van der Waals surface area contributed by atoms with Gasteiger partial charge in [0.05, 0.1) is 22.6 Å². The van der Waals surface area contributed by atoms with Crippen LogP contribution in [0.15, 0.2) is 6.07 Å². The van der Waals surface area contributed by atoms with Crippen LogP contribution in [0.25, 0.3) is 11.0 Å². The summed E-state index contributed by atoms with van der Waals surface area (Å²) in [7, 11) is 1.86. The average Bonchev–Trinajstić information content (AvgIpc) is 2.98. The first kappa shape index (κ1) is 21.3. The number of aryl methyl sites for hydroxylation is 2. The molecule has 158 valence electrons. The van der Waals surface area contributed by atoms with Gasteiger partial charge in [-0.3, -0.25) is 14.3 Å². The Hall–Kier alpha value is -2.44. The topological polar surface area (TPSA) is 80.1 Å². The van der Waals surface area contributed by atoms with Gasteiger partial charge >= 0.3 is 0 Å². The third kappa shape index (κ3) is 4.43. The standard InChI is InChI=1S/C22H33N5O2/c1-13(2)11-23-21(28)16-8-7-9-27(12-16)22(29)17-10-18(14(3)4)24-20-19(17)15(5)25-26(20)6/h10,13-14,16H,7-9,11-12H2,1-6H3,(H,23,28)/t16-/m0/s1. The highest BCUT2D eigenvalue weighted by atomic mass is 16.2. The van der Waals surface area contributed by atoms with Crippen LogP contribution in [0.2, 0.25) is 0 Å². The van der Waals surface area contributed by atoms with Gasteiger partial charge in [-0.2, -0.15) is 5.10 Å². The highest BCUT2D eigenvalue weighted by Gasteiger charge is 2.30. The molecule has 0 radical (unpaired) electrons. The predicted molar refractivity (Wildman–Crippen MR) is 114 cm³/mol. The van der Waals surface area contributed by atoms with Gasteiger partial charge in [0.2, 0.25) is 5.91 Å². The van der Waals surface area contributed by atoms with Crippen molar-refractivity contribution in [1.29, 1.82) is 0 Å². The predicted octanol–water partition coefficient (Wildman–Crippen LogP) is 3.02. The van der Waals surface area contributed by atoms with Gasteiger partial charge in [0, 0.05) is 32.4 Å². The smallest absolute Gasteiger partial charge is 0.254 e. The maximum atomic E-state index is 13.5. The van der Waals surface area contributed by atoms with Crippen molar-refractivity contribution in [3.8, 4) is 0 Å². The third-order valence-corrected chi connectivity index (χ3v) is 5.57. The number of likely N-dealkylation sites (tertiary alicyclic amines) is 1. The highest BCUT2D eigenvalue weighted by Crippen LogP contribution is 2.27. The van der Waals surface area contributed by atoms with Gasteiger partial charge in [0.1, 0.15) is 0 Å². The van der Waals surface area contributed by atoms with Crippen molar-refractivity contribution in [2.75, 3.05) is 19.6 Å². The average molecular weight is 400 g/mol. The fourth-order valence-corrected chi connectivity index (χ4v) is 3.92.